The number of hydrogen-bond donors (Lipinski definition) is 2. The molecular weight excluding hydrogens is 308 g/mol. The Morgan fingerprint density at radius 1 is 1.17 bits per heavy atom. The van der Waals surface area contributed by atoms with Crippen molar-refractivity contribution in [2.45, 2.75) is 39.2 Å². The number of ether oxygens (including phenoxy) is 1. The maximum atomic E-state index is 12.0. The van der Waals surface area contributed by atoms with Gasteiger partial charge >= 0.3 is 6.09 Å². The van der Waals surface area contributed by atoms with Crippen LogP contribution in [0.5, 0.6) is 0 Å². The normalized spacial score (nSPS) is 14.4. The van der Waals surface area contributed by atoms with Gasteiger partial charge in [0, 0.05) is 32.4 Å². The minimum atomic E-state index is -0.532. The lowest BCUT2D eigenvalue weighted by Crippen LogP contribution is -2.37. The van der Waals surface area contributed by atoms with E-state index in [-0.39, 0.29) is 5.91 Å². The van der Waals surface area contributed by atoms with Gasteiger partial charge in [-0.15, -0.1) is 0 Å². The second kappa shape index (κ2) is 7.99. The molecule has 0 spiro atoms. The lowest BCUT2D eigenvalue weighted by Gasteiger charge is -2.19. The fourth-order valence-corrected chi connectivity index (χ4v) is 2.41. The van der Waals surface area contributed by atoms with Gasteiger partial charge in [0.15, 0.2) is 0 Å². The number of hydrogen-bond acceptors (Lipinski definition) is 5. The van der Waals surface area contributed by atoms with Crippen molar-refractivity contribution in [3.8, 4) is 0 Å². The average molecular weight is 334 g/mol. The fourth-order valence-electron chi connectivity index (χ4n) is 2.41. The molecule has 1 aliphatic heterocycles. The molecule has 0 aliphatic carbocycles. The van der Waals surface area contributed by atoms with Crippen molar-refractivity contribution in [2.24, 2.45) is 0 Å². The van der Waals surface area contributed by atoms with Crippen LogP contribution in [0.1, 0.15) is 44.0 Å². The Hall–Kier alpha value is -2.31. The Kier molecular flexibility index (Phi) is 6.00. The lowest BCUT2D eigenvalue weighted by atomic mass is 10.2. The highest BCUT2D eigenvalue weighted by molar-refractivity contribution is 5.94. The zero-order valence-corrected chi connectivity index (χ0v) is 14.6. The second-order valence-electron chi connectivity index (χ2n) is 6.78. The number of carbonyl (C=O) groups excluding carboxylic acids is 2. The third-order valence-corrected chi connectivity index (χ3v) is 3.52. The smallest absolute Gasteiger partial charge is 0.407 e. The molecule has 1 saturated heterocycles. The van der Waals surface area contributed by atoms with E-state index >= 15 is 0 Å². The molecule has 7 nitrogen and oxygen atoms in total. The van der Waals surface area contributed by atoms with Gasteiger partial charge in [0.25, 0.3) is 5.91 Å². The van der Waals surface area contributed by atoms with Crippen LogP contribution >= 0.6 is 0 Å². The van der Waals surface area contributed by atoms with Gasteiger partial charge < -0.3 is 20.3 Å². The summed E-state index contributed by atoms with van der Waals surface area (Å²) in [7, 11) is 0. The summed E-state index contributed by atoms with van der Waals surface area (Å²) in [6, 6.07) is 3.65. The minimum absolute atomic E-state index is 0.207. The molecule has 1 aromatic rings. The molecule has 2 heterocycles. The van der Waals surface area contributed by atoms with Crippen LogP contribution < -0.4 is 15.5 Å². The molecule has 1 aliphatic rings. The summed E-state index contributed by atoms with van der Waals surface area (Å²) in [6.07, 6.45) is 3.47. The Morgan fingerprint density at radius 2 is 1.83 bits per heavy atom. The van der Waals surface area contributed by atoms with E-state index in [1.165, 1.54) is 12.8 Å². The Balaban J connectivity index is 1.71. The van der Waals surface area contributed by atoms with E-state index in [4.69, 9.17) is 4.74 Å². The zero-order valence-electron chi connectivity index (χ0n) is 14.6. The first-order chi connectivity index (χ1) is 11.3. The highest BCUT2D eigenvalue weighted by atomic mass is 16.6. The van der Waals surface area contributed by atoms with Crippen molar-refractivity contribution in [3.63, 3.8) is 0 Å². The van der Waals surface area contributed by atoms with Crippen LogP contribution in [-0.2, 0) is 4.74 Å². The van der Waals surface area contributed by atoms with E-state index in [9.17, 15) is 9.59 Å². The second-order valence-corrected chi connectivity index (χ2v) is 6.78. The molecule has 24 heavy (non-hydrogen) atoms. The summed E-state index contributed by atoms with van der Waals surface area (Å²) >= 11 is 0. The Labute approximate surface area is 142 Å². The summed E-state index contributed by atoms with van der Waals surface area (Å²) in [5.74, 6) is 0.706. The molecule has 2 rings (SSSR count). The molecule has 0 bridgehead atoms. The number of amides is 2. The lowest BCUT2D eigenvalue weighted by molar-refractivity contribution is 0.0526. The summed E-state index contributed by atoms with van der Waals surface area (Å²) in [6.45, 7) is 8.07. The highest BCUT2D eigenvalue weighted by Crippen LogP contribution is 2.17. The number of anilines is 1. The maximum Gasteiger partial charge on any atom is 0.407 e. The monoisotopic (exact) mass is 334 g/mol. The standard InChI is InChI=1S/C17H26N4O3/c1-17(2,3)24-16(23)19-9-8-18-15(22)13-6-7-14(20-12-13)21-10-4-5-11-21/h6-7,12H,4-5,8-11H2,1-3H3,(H,18,22)(H,19,23). The third kappa shape index (κ3) is 5.72. The maximum absolute atomic E-state index is 12.0. The van der Waals surface area contributed by atoms with Crippen LogP contribution in [0.2, 0.25) is 0 Å². The molecule has 132 valence electrons. The topological polar surface area (TPSA) is 83.6 Å². The summed E-state index contributed by atoms with van der Waals surface area (Å²) in [5.41, 5.74) is -0.0222. The first-order valence-electron chi connectivity index (χ1n) is 8.31. The van der Waals surface area contributed by atoms with Gasteiger partial charge in [0.05, 0.1) is 5.56 Å². The van der Waals surface area contributed by atoms with E-state index in [1.807, 2.05) is 6.07 Å². The number of aromatic nitrogens is 1. The Bertz CT molecular complexity index is 560. The van der Waals surface area contributed by atoms with Crippen LogP contribution in [0, 0.1) is 0 Å². The van der Waals surface area contributed by atoms with Crippen LogP contribution in [0.4, 0.5) is 10.6 Å². The molecule has 1 fully saturated rings. The predicted octanol–water partition coefficient (Wildman–Crippen LogP) is 1.94. The van der Waals surface area contributed by atoms with Crippen LogP contribution in [0.15, 0.2) is 18.3 Å². The average Bonchev–Trinajstić information content (AvgIpc) is 3.04. The molecule has 0 aromatic carbocycles. The van der Waals surface area contributed by atoms with Crippen molar-refractivity contribution >= 4 is 17.8 Å². The van der Waals surface area contributed by atoms with Crippen molar-refractivity contribution in [1.82, 2.24) is 15.6 Å². The Morgan fingerprint density at radius 3 is 2.42 bits per heavy atom. The van der Waals surface area contributed by atoms with Gasteiger partial charge in [0.2, 0.25) is 0 Å². The quantitative estimate of drug-likeness (QED) is 0.804. The summed E-state index contributed by atoms with van der Waals surface area (Å²) in [5, 5.41) is 5.34. The molecule has 0 saturated carbocycles. The van der Waals surface area contributed by atoms with Gasteiger partial charge in [-0.05, 0) is 45.7 Å². The SMILES string of the molecule is CC(C)(C)OC(=O)NCCNC(=O)c1ccc(N2CCCC2)nc1. The fraction of sp³-hybridized carbons (Fsp3) is 0.588. The van der Waals surface area contributed by atoms with Gasteiger partial charge in [-0.1, -0.05) is 0 Å². The first kappa shape index (κ1) is 18.0. The summed E-state index contributed by atoms with van der Waals surface area (Å²) < 4.78 is 5.11. The number of carbonyl (C=O) groups is 2. The predicted molar refractivity (Wildman–Crippen MR) is 92.3 cm³/mol. The van der Waals surface area contributed by atoms with Gasteiger partial charge in [0.1, 0.15) is 11.4 Å². The van der Waals surface area contributed by atoms with E-state index in [0.29, 0.717) is 18.7 Å². The van der Waals surface area contributed by atoms with Crippen molar-refractivity contribution in [3.05, 3.63) is 23.9 Å². The minimum Gasteiger partial charge on any atom is -0.444 e. The van der Waals surface area contributed by atoms with Crippen molar-refractivity contribution in [1.29, 1.82) is 0 Å². The van der Waals surface area contributed by atoms with E-state index in [2.05, 4.69) is 20.5 Å². The first-order valence-corrected chi connectivity index (χ1v) is 8.31. The molecule has 0 unspecified atom stereocenters. The highest BCUT2D eigenvalue weighted by Gasteiger charge is 2.16. The van der Waals surface area contributed by atoms with Crippen LogP contribution in [0.25, 0.3) is 0 Å². The van der Waals surface area contributed by atoms with Gasteiger partial charge in [-0.25, -0.2) is 9.78 Å². The molecule has 0 radical (unpaired) electrons. The van der Waals surface area contributed by atoms with Gasteiger partial charge in [-0.2, -0.15) is 0 Å². The van der Waals surface area contributed by atoms with Crippen LogP contribution in [0.3, 0.4) is 0 Å². The number of alkyl carbamates (subject to hydrolysis) is 1. The van der Waals surface area contributed by atoms with Crippen molar-refractivity contribution < 1.29 is 14.3 Å². The van der Waals surface area contributed by atoms with Crippen LogP contribution in [-0.4, -0.2) is 48.8 Å². The van der Waals surface area contributed by atoms with Gasteiger partial charge in [-0.3, -0.25) is 4.79 Å². The number of nitrogens with one attached hydrogen (secondary N) is 2. The number of nitrogens with zero attached hydrogens (tertiary/aromatic N) is 2. The largest absolute Gasteiger partial charge is 0.444 e. The zero-order chi connectivity index (χ0) is 17.6. The molecule has 1 aromatic heterocycles. The molecule has 2 N–H and O–H groups in total. The molecular formula is C17H26N4O3. The van der Waals surface area contributed by atoms with E-state index in [1.54, 1.807) is 33.0 Å². The van der Waals surface area contributed by atoms with E-state index in [0.717, 1.165) is 18.9 Å². The summed E-state index contributed by atoms with van der Waals surface area (Å²) in [4.78, 5) is 30.1. The molecule has 7 heteroatoms. The molecule has 2 amide bonds. The van der Waals surface area contributed by atoms with E-state index < -0.39 is 11.7 Å². The number of pyridine rings is 1. The molecule has 0 atom stereocenters. The number of rotatable bonds is 5. The van der Waals surface area contributed by atoms with Crippen molar-refractivity contribution in [2.75, 3.05) is 31.1 Å². The third-order valence-electron chi connectivity index (χ3n) is 3.52.